The summed E-state index contributed by atoms with van der Waals surface area (Å²) < 4.78 is 0. The molecule has 1 aliphatic heterocycles. The zero-order chi connectivity index (χ0) is 14.4. The van der Waals surface area contributed by atoms with Crippen LogP contribution in [0.2, 0.25) is 0 Å². The Kier molecular flexibility index (Phi) is 6.56. The molecule has 0 unspecified atom stereocenters. The number of nitrogens with zero attached hydrogens (tertiary/aromatic N) is 1. The largest absolute Gasteiger partial charge is 0.339 e. The first-order chi connectivity index (χ1) is 8.91. The van der Waals surface area contributed by atoms with Crippen molar-refractivity contribution in [2.45, 2.75) is 47.5 Å². The number of carbonyl (C=O) groups excluding carboxylic acids is 1. The maximum atomic E-state index is 12.5. The van der Waals surface area contributed by atoms with Gasteiger partial charge in [0.25, 0.3) is 0 Å². The number of hydrogen-bond donors (Lipinski definition) is 1. The first-order valence-corrected chi connectivity index (χ1v) is 7.60. The van der Waals surface area contributed by atoms with Gasteiger partial charge in [-0.15, -0.1) is 0 Å². The van der Waals surface area contributed by atoms with Gasteiger partial charge < -0.3 is 10.2 Å². The summed E-state index contributed by atoms with van der Waals surface area (Å²) in [7, 11) is 0. The molecule has 0 aromatic heterocycles. The summed E-state index contributed by atoms with van der Waals surface area (Å²) in [5, 5.41) is 3.21. The highest BCUT2D eigenvalue weighted by Crippen LogP contribution is 2.14. The van der Waals surface area contributed by atoms with Gasteiger partial charge in [-0.2, -0.15) is 0 Å². The van der Waals surface area contributed by atoms with Crippen molar-refractivity contribution in [3.63, 3.8) is 0 Å². The van der Waals surface area contributed by atoms with Crippen molar-refractivity contribution in [1.29, 1.82) is 0 Å². The standard InChI is InChI=1S/C16H30N2O/c1-12(2)6-8-18(9-7-13(3)4)16(19)14(5)15-10-17-11-15/h12-13,17H,6-11H2,1-5H3. The minimum absolute atomic E-state index is 0.248. The minimum Gasteiger partial charge on any atom is -0.339 e. The van der Waals surface area contributed by atoms with Gasteiger partial charge in [-0.1, -0.05) is 27.7 Å². The van der Waals surface area contributed by atoms with Crippen LogP contribution in [0.5, 0.6) is 0 Å². The molecule has 3 nitrogen and oxygen atoms in total. The van der Waals surface area contributed by atoms with Gasteiger partial charge in [0.15, 0.2) is 0 Å². The van der Waals surface area contributed by atoms with Crippen molar-refractivity contribution in [3.8, 4) is 0 Å². The molecule has 1 fully saturated rings. The van der Waals surface area contributed by atoms with Crippen LogP contribution in [0.1, 0.15) is 47.5 Å². The van der Waals surface area contributed by atoms with Gasteiger partial charge in [0.2, 0.25) is 5.91 Å². The van der Waals surface area contributed by atoms with Crippen LogP contribution >= 0.6 is 0 Å². The fourth-order valence-corrected chi connectivity index (χ4v) is 2.05. The van der Waals surface area contributed by atoms with Crippen LogP contribution in [0, 0.1) is 11.8 Å². The molecule has 0 bridgehead atoms. The third kappa shape index (κ3) is 5.35. The summed E-state index contributed by atoms with van der Waals surface area (Å²) in [6, 6.07) is 0. The Labute approximate surface area is 118 Å². The van der Waals surface area contributed by atoms with E-state index in [9.17, 15) is 4.79 Å². The normalized spacial score (nSPS) is 14.8. The van der Waals surface area contributed by atoms with Crippen LogP contribution in [-0.4, -0.2) is 37.0 Å². The average Bonchev–Trinajstić information content (AvgIpc) is 2.25. The lowest BCUT2D eigenvalue weighted by Gasteiger charge is -2.28. The number of amides is 1. The third-order valence-electron chi connectivity index (χ3n) is 3.77. The van der Waals surface area contributed by atoms with Crippen LogP contribution in [0.4, 0.5) is 0 Å². The molecule has 1 saturated heterocycles. The molecule has 1 heterocycles. The minimum atomic E-state index is 0.248. The molecule has 1 rings (SSSR count). The molecule has 19 heavy (non-hydrogen) atoms. The van der Waals surface area contributed by atoms with Crippen molar-refractivity contribution in [2.75, 3.05) is 26.2 Å². The zero-order valence-electron chi connectivity index (χ0n) is 13.3. The average molecular weight is 266 g/mol. The van der Waals surface area contributed by atoms with Gasteiger partial charge in [-0.05, 0) is 37.2 Å². The highest BCUT2D eigenvalue weighted by Gasteiger charge is 2.21. The number of nitrogens with one attached hydrogen (secondary N) is 1. The number of rotatable bonds is 7. The van der Waals surface area contributed by atoms with Crippen LogP contribution in [0.15, 0.2) is 11.1 Å². The molecule has 110 valence electrons. The summed E-state index contributed by atoms with van der Waals surface area (Å²) in [6.07, 6.45) is 2.18. The molecule has 0 aliphatic carbocycles. The highest BCUT2D eigenvalue weighted by atomic mass is 16.2. The Hall–Kier alpha value is -0.830. The van der Waals surface area contributed by atoms with E-state index in [1.807, 2.05) is 6.92 Å². The van der Waals surface area contributed by atoms with E-state index in [-0.39, 0.29) is 5.91 Å². The number of carbonyl (C=O) groups is 1. The third-order valence-corrected chi connectivity index (χ3v) is 3.77. The molecule has 0 aromatic carbocycles. The quantitative estimate of drug-likeness (QED) is 0.719. The summed E-state index contributed by atoms with van der Waals surface area (Å²) in [4.78, 5) is 14.6. The van der Waals surface area contributed by atoms with E-state index in [0.29, 0.717) is 11.8 Å². The molecule has 1 aliphatic rings. The topological polar surface area (TPSA) is 32.3 Å². The smallest absolute Gasteiger partial charge is 0.249 e. The second-order valence-electron chi connectivity index (χ2n) is 6.49. The molecule has 3 heteroatoms. The Bertz CT molecular complexity index is 314. The van der Waals surface area contributed by atoms with Crippen molar-refractivity contribution in [1.82, 2.24) is 10.2 Å². The van der Waals surface area contributed by atoms with Crippen LogP contribution in [0.25, 0.3) is 0 Å². The van der Waals surface area contributed by atoms with Crippen LogP contribution in [0.3, 0.4) is 0 Å². The molecule has 0 radical (unpaired) electrons. The van der Waals surface area contributed by atoms with Gasteiger partial charge in [0.05, 0.1) is 0 Å². The maximum absolute atomic E-state index is 12.5. The molecule has 0 atom stereocenters. The molecule has 0 saturated carbocycles. The zero-order valence-corrected chi connectivity index (χ0v) is 13.3. The van der Waals surface area contributed by atoms with Gasteiger partial charge in [-0.3, -0.25) is 4.79 Å². The Morgan fingerprint density at radius 1 is 1.11 bits per heavy atom. The van der Waals surface area contributed by atoms with E-state index in [1.54, 1.807) is 0 Å². The van der Waals surface area contributed by atoms with E-state index in [0.717, 1.165) is 44.6 Å². The fourth-order valence-electron chi connectivity index (χ4n) is 2.05. The fraction of sp³-hybridized carbons (Fsp3) is 0.812. The summed E-state index contributed by atoms with van der Waals surface area (Å²) in [5.41, 5.74) is 2.25. The van der Waals surface area contributed by atoms with Crippen molar-refractivity contribution < 1.29 is 4.79 Å². The van der Waals surface area contributed by atoms with E-state index >= 15 is 0 Å². The van der Waals surface area contributed by atoms with Crippen molar-refractivity contribution in [3.05, 3.63) is 11.1 Å². The summed E-state index contributed by atoms with van der Waals surface area (Å²) in [5.74, 6) is 1.54. The van der Waals surface area contributed by atoms with Gasteiger partial charge in [0, 0.05) is 31.8 Å². The highest BCUT2D eigenvalue weighted by molar-refractivity contribution is 5.94. The lowest BCUT2D eigenvalue weighted by molar-refractivity contribution is -0.127. The number of hydrogen-bond acceptors (Lipinski definition) is 2. The van der Waals surface area contributed by atoms with Crippen molar-refractivity contribution in [2.24, 2.45) is 11.8 Å². The second kappa shape index (κ2) is 7.68. The van der Waals surface area contributed by atoms with E-state index in [2.05, 4.69) is 37.9 Å². The van der Waals surface area contributed by atoms with Gasteiger partial charge in [0.1, 0.15) is 0 Å². The summed E-state index contributed by atoms with van der Waals surface area (Å²) >= 11 is 0. The first kappa shape index (κ1) is 16.2. The Morgan fingerprint density at radius 3 is 1.89 bits per heavy atom. The molecular weight excluding hydrogens is 236 g/mol. The Morgan fingerprint density at radius 2 is 1.58 bits per heavy atom. The SMILES string of the molecule is CC(C(=O)N(CCC(C)C)CCC(C)C)=C1CNC1. The lowest BCUT2D eigenvalue weighted by atomic mass is 10.0. The van der Waals surface area contributed by atoms with Gasteiger partial charge >= 0.3 is 0 Å². The molecular formula is C16H30N2O. The van der Waals surface area contributed by atoms with Crippen LogP contribution < -0.4 is 5.32 Å². The van der Waals surface area contributed by atoms with E-state index in [4.69, 9.17) is 0 Å². The van der Waals surface area contributed by atoms with Crippen molar-refractivity contribution >= 4 is 5.91 Å². The first-order valence-electron chi connectivity index (χ1n) is 7.60. The van der Waals surface area contributed by atoms with Gasteiger partial charge in [-0.25, -0.2) is 0 Å². The van der Waals surface area contributed by atoms with Crippen LogP contribution in [-0.2, 0) is 4.79 Å². The summed E-state index contributed by atoms with van der Waals surface area (Å²) in [6.45, 7) is 14.4. The molecule has 0 spiro atoms. The molecule has 0 aromatic rings. The molecule has 1 amide bonds. The van der Waals surface area contributed by atoms with E-state index in [1.165, 1.54) is 5.57 Å². The monoisotopic (exact) mass is 266 g/mol. The maximum Gasteiger partial charge on any atom is 0.249 e. The Balaban J connectivity index is 2.62. The molecule has 1 N–H and O–H groups in total. The van der Waals surface area contributed by atoms with E-state index < -0.39 is 0 Å². The predicted molar refractivity (Wildman–Crippen MR) is 81.1 cm³/mol. The predicted octanol–water partition coefficient (Wildman–Crippen LogP) is 2.83. The second-order valence-corrected chi connectivity index (χ2v) is 6.49. The lowest BCUT2D eigenvalue weighted by Crippen LogP contribution is -2.40.